The monoisotopic (exact) mass is 469 g/mol. The van der Waals surface area contributed by atoms with Crippen LogP contribution >= 0.6 is 0 Å². The molecule has 1 saturated heterocycles. The average Bonchev–Trinajstić information content (AvgIpc) is 3.17. The number of carbonyl (C=O) groups is 2. The Labute approximate surface area is 202 Å². The van der Waals surface area contributed by atoms with Crippen LogP contribution in [0.15, 0.2) is 30.3 Å². The fourth-order valence-electron chi connectivity index (χ4n) is 4.33. The lowest BCUT2D eigenvalue weighted by Crippen LogP contribution is -2.41. The van der Waals surface area contributed by atoms with Gasteiger partial charge in [0.2, 0.25) is 0 Å². The summed E-state index contributed by atoms with van der Waals surface area (Å²) in [7, 11) is -0.588. The summed E-state index contributed by atoms with van der Waals surface area (Å²) in [6.07, 6.45) is 0.150. The number of benzene rings is 1. The lowest BCUT2D eigenvalue weighted by atomic mass is 9.66. The first-order chi connectivity index (χ1) is 15.9. The molecule has 1 aromatic carbocycles. The van der Waals surface area contributed by atoms with Gasteiger partial charge in [0.05, 0.1) is 36.4 Å². The van der Waals surface area contributed by atoms with Crippen molar-refractivity contribution >= 4 is 19.1 Å². The standard InChI is InChI=1S/C26H36BNO6/c1-9-31-23(29)16-22(27-33-25(5,6)26(7,8)34-27)21-15-17(3)28(18(21)4)20-13-11-19(12-14-20)24(30)32-10-2/h11-15,22H,9-10,16H2,1-8H3. The molecule has 1 unspecified atom stereocenters. The van der Waals surface area contributed by atoms with Crippen molar-refractivity contribution in [1.82, 2.24) is 4.57 Å². The smallest absolute Gasteiger partial charge is 0.466 e. The normalized spacial score (nSPS) is 17.5. The summed E-state index contributed by atoms with van der Waals surface area (Å²) in [5.74, 6) is -0.962. The third-order valence-electron chi connectivity index (χ3n) is 6.80. The second kappa shape index (κ2) is 9.96. The SMILES string of the molecule is CCOC(=O)CC(B1OC(C)(C)C(C)(C)O1)c1cc(C)n(-c2ccc(C(=O)OCC)cc2)c1C. The maximum atomic E-state index is 12.5. The van der Waals surface area contributed by atoms with E-state index < -0.39 is 18.3 Å². The highest BCUT2D eigenvalue weighted by molar-refractivity contribution is 6.48. The van der Waals surface area contributed by atoms with Crippen molar-refractivity contribution < 1.29 is 28.4 Å². The van der Waals surface area contributed by atoms with Gasteiger partial charge in [-0.2, -0.15) is 0 Å². The van der Waals surface area contributed by atoms with Crippen molar-refractivity contribution in [1.29, 1.82) is 0 Å². The lowest BCUT2D eigenvalue weighted by Gasteiger charge is -2.32. The maximum absolute atomic E-state index is 12.5. The van der Waals surface area contributed by atoms with Gasteiger partial charge in [0.15, 0.2) is 0 Å². The van der Waals surface area contributed by atoms with E-state index in [1.807, 2.05) is 53.7 Å². The molecular formula is C26H36BNO6. The Bertz CT molecular complexity index is 1020. The zero-order valence-corrected chi connectivity index (χ0v) is 21.6. The first-order valence-corrected chi connectivity index (χ1v) is 11.9. The molecule has 1 aromatic heterocycles. The van der Waals surface area contributed by atoms with Crippen LogP contribution < -0.4 is 0 Å². The summed E-state index contributed by atoms with van der Waals surface area (Å²) in [5.41, 5.74) is 3.34. The second-order valence-electron chi connectivity index (χ2n) is 9.67. The molecule has 7 nitrogen and oxygen atoms in total. The maximum Gasteiger partial charge on any atom is 0.466 e. The summed E-state index contributed by atoms with van der Waals surface area (Å²) >= 11 is 0. The van der Waals surface area contributed by atoms with Gasteiger partial charge in [-0.15, -0.1) is 0 Å². The molecule has 1 aliphatic rings. The molecule has 2 heterocycles. The van der Waals surface area contributed by atoms with E-state index in [4.69, 9.17) is 18.8 Å². The first-order valence-electron chi connectivity index (χ1n) is 11.9. The molecule has 0 N–H and O–H groups in total. The summed E-state index contributed by atoms with van der Waals surface area (Å²) in [6.45, 7) is 16.3. The highest BCUT2D eigenvalue weighted by Crippen LogP contribution is 2.43. The Balaban J connectivity index is 1.99. The van der Waals surface area contributed by atoms with E-state index in [0.29, 0.717) is 18.8 Å². The first kappa shape index (κ1) is 26.0. The lowest BCUT2D eigenvalue weighted by molar-refractivity contribution is -0.143. The Hall–Kier alpha value is -2.58. The molecule has 0 saturated carbocycles. The van der Waals surface area contributed by atoms with Crippen LogP contribution in [0.5, 0.6) is 0 Å². The minimum atomic E-state index is -0.588. The van der Waals surface area contributed by atoms with E-state index >= 15 is 0 Å². The average molecular weight is 469 g/mol. The second-order valence-corrected chi connectivity index (χ2v) is 9.67. The number of hydrogen-bond donors (Lipinski definition) is 0. The van der Waals surface area contributed by atoms with E-state index in [2.05, 4.69) is 10.6 Å². The highest BCUT2D eigenvalue weighted by Gasteiger charge is 2.54. The molecule has 0 amide bonds. The number of carbonyl (C=O) groups excluding carboxylic acids is 2. The molecule has 1 aliphatic heterocycles. The fraction of sp³-hybridized carbons (Fsp3) is 0.538. The predicted molar refractivity (Wildman–Crippen MR) is 131 cm³/mol. The quantitative estimate of drug-likeness (QED) is 0.403. The number of ether oxygens (including phenoxy) is 2. The van der Waals surface area contributed by atoms with Gasteiger partial charge in [0, 0.05) is 22.9 Å². The minimum Gasteiger partial charge on any atom is -0.466 e. The molecule has 34 heavy (non-hydrogen) atoms. The number of nitrogens with zero attached hydrogens (tertiary/aromatic N) is 1. The van der Waals surface area contributed by atoms with E-state index in [1.165, 1.54) is 0 Å². The zero-order chi connectivity index (χ0) is 25.3. The zero-order valence-electron chi connectivity index (χ0n) is 21.6. The molecule has 8 heteroatoms. The van der Waals surface area contributed by atoms with Crippen molar-refractivity contribution in [2.24, 2.45) is 0 Å². The fourth-order valence-corrected chi connectivity index (χ4v) is 4.33. The molecule has 3 rings (SSSR count). The minimum absolute atomic E-state index is 0.150. The number of aryl methyl sites for hydroxylation is 1. The number of rotatable bonds is 8. The molecule has 0 aliphatic carbocycles. The van der Waals surface area contributed by atoms with Crippen LogP contribution in [-0.2, 0) is 23.6 Å². The van der Waals surface area contributed by atoms with Crippen LogP contribution in [0, 0.1) is 13.8 Å². The van der Waals surface area contributed by atoms with Crippen LogP contribution in [0.1, 0.15) is 81.1 Å². The molecule has 0 bridgehead atoms. The number of esters is 2. The van der Waals surface area contributed by atoms with E-state index in [-0.39, 0.29) is 24.2 Å². The van der Waals surface area contributed by atoms with E-state index in [9.17, 15) is 9.59 Å². The van der Waals surface area contributed by atoms with Gasteiger partial charge < -0.3 is 23.3 Å². The van der Waals surface area contributed by atoms with Crippen molar-refractivity contribution in [3.05, 3.63) is 52.8 Å². The summed E-state index contributed by atoms with van der Waals surface area (Å²) in [6, 6.07) is 9.38. The third kappa shape index (κ3) is 5.08. The van der Waals surface area contributed by atoms with Gasteiger partial charge in [-0.1, -0.05) is 0 Å². The van der Waals surface area contributed by atoms with Gasteiger partial charge in [-0.05, 0) is 91.3 Å². The number of hydrogen-bond acceptors (Lipinski definition) is 6. The third-order valence-corrected chi connectivity index (χ3v) is 6.80. The highest BCUT2D eigenvalue weighted by atomic mass is 16.7. The molecule has 1 fully saturated rings. The summed E-state index contributed by atoms with van der Waals surface area (Å²) < 4.78 is 25.2. The van der Waals surface area contributed by atoms with Gasteiger partial charge in [0.1, 0.15) is 0 Å². The Morgan fingerprint density at radius 1 is 0.971 bits per heavy atom. The van der Waals surface area contributed by atoms with Crippen molar-refractivity contribution in [2.75, 3.05) is 13.2 Å². The molecule has 184 valence electrons. The predicted octanol–water partition coefficient (Wildman–Crippen LogP) is 4.94. The van der Waals surface area contributed by atoms with Crippen LogP contribution in [0.25, 0.3) is 5.69 Å². The van der Waals surface area contributed by atoms with Crippen molar-refractivity contribution in [2.45, 2.75) is 78.8 Å². The van der Waals surface area contributed by atoms with Gasteiger partial charge in [0.25, 0.3) is 0 Å². The molecule has 1 atom stereocenters. The molecule has 2 aromatic rings. The Morgan fingerprint density at radius 3 is 2.06 bits per heavy atom. The summed E-state index contributed by atoms with van der Waals surface area (Å²) in [4.78, 5) is 24.6. The molecular weight excluding hydrogens is 433 g/mol. The van der Waals surface area contributed by atoms with Crippen molar-refractivity contribution in [3.8, 4) is 5.69 Å². The van der Waals surface area contributed by atoms with Crippen molar-refractivity contribution in [3.63, 3.8) is 0 Å². The Morgan fingerprint density at radius 2 is 1.53 bits per heavy atom. The Kier molecular flexibility index (Phi) is 7.63. The van der Waals surface area contributed by atoms with E-state index in [1.54, 1.807) is 26.0 Å². The van der Waals surface area contributed by atoms with Gasteiger partial charge in [-0.25, -0.2) is 4.79 Å². The largest absolute Gasteiger partial charge is 0.466 e. The summed E-state index contributed by atoms with van der Waals surface area (Å²) in [5, 5.41) is 0. The van der Waals surface area contributed by atoms with Crippen LogP contribution in [0.2, 0.25) is 0 Å². The van der Waals surface area contributed by atoms with Crippen LogP contribution in [0.3, 0.4) is 0 Å². The van der Waals surface area contributed by atoms with Gasteiger partial charge in [-0.3, -0.25) is 4.79 Å². The van der Waals surface area contributed by atoms with Crippen LogP contribution in [-0.4, -0.2) is 48.0 Å². The molecule has 0 radical (unpaired) electrons. The number of aromatic nitrogens is 1. The topological polar surface area (TPSA) is 76.0 Å². The van der Waals surface area contributed by atoms with E-state index in [0.717, 1.165) is 22.6 Å². The molecule has 0 spiro atoms. The van der Waals surface area contributed by atoms with Gasteiger partial charge >= 0.3 is 19.1 Å². The van der Waals surface area contributed by atoms with Crippen LogP contribution in [0.4, 0.5) is 0 Å².